The second-order valence-corrected chi connectivity index (χ2v) is 6.86. The Morgan fingerprint density at radius 1 is 1.24 bits per heavy atom. The van der Waals surface area contributed by atoms with Crippen molar-refractivity contribution in [2.45, 2.75) is 32.6 Å². The molecule has 1 aromatic carbocycles. The molecule has 0 aliphatic carbocycles. The van der Waals surface area contributed by atoms with Gasteiger partial charge in [0.1, 0.15) is 5.75 Å². The van der Waals surface area contributed by atoms with Crippen molar-refractivity contribution < 1.29 is 14.3 Å². The summed E-state index contributed by atoms with van der Waals surface area (Å²) in [5.74, 6) is 1.66. The van der Waals surface area contributed by atoms with Crippen LogP contribution in [0.25, 0.3) is 0 Å². The molecule has 2 heterocycles. The molecule has 25 heavy (non-hydrogen) atoms. The number of halogens is 1. The van der Waals surface area contributed by atoms with Crippen LogP contribution in [0.4, 0.5) is 5.69 Å². The summed E-state index contributed by atoms with van der Waals surface area (Å²) in [6.45, 7) is 6.27. The minimum atomic E-state index is 0. The van der Waals surface area contributed by atoms with E-state index in [1.807, 2.05) is 25.1 Å². The van der Waals surface area contributed by atoms with Gasteiger partial charge in [0, 0.05) is 30.9 Å². The van der Waals surface area contributed by atoms with Gasteiger partial charge in [0.2, 0.25) is 5.91 Å². The second-order valence-electron chi connectivity index (χ2n) is 6.86. The Balaban J connectivity index is 0.00000225. The first-order valence-electron chi connectivity index (χ1n) is 9.05. The maximum Gasteiger partial charge on any atom is 0.227 e. The number of hydrogen-bond donors (Lipinski definition) is 2. The number of anilines is 1. The van der Waals surface area contributed by atoms with Gasteiger partial charge >= 0.3 is 0 Å². The van der Waals surface area contributed by atoms with Crippen molar-refractivity contribution in [2.75, 3.05) is 38.2 Å². The SMILES string of the molecule is Cc1ccc(NC(=O)C2CCNCC2)cc1OCC1CCOCC1.Cl. The lowest BCUT2D eigenvalue weighted by Crippen LogP contribution is -2.34. The molecule has 6 heteroatoms. The Kier molecular flexibility index (Phi) is 8.00. The van der Waals surface area contributed by atoms with E-state index in [1.54, 1.807) is 0 Å². The van der Waals surface area contributed by atoms with Gasteiger partial charge in [-0.1, -0.05) is 6.07 Å². The molecule has 5 nitrogen and oxygen atoms in total. The van der Waals surface area contributed by atoms with Gasteiger partial charge in [-0.25, -0.2) is 0 Å². The van der Waals surface area contributed by atoms with Crippen molar-refractivity contribution in [2.24, 2.45) is 11.8 Å². The molecule has 2 N–H and O–H groups in total. The summed E-state index contributed by atoms with van der Waals surface area (Å²) in [6, 6.07) is 5.92. The highest BCUT2D eigenvalue weighted by atomic mass is 35.5. The molecular weight excluding hydrogens is 340 g/mol. The fraction of sp³-hybridized carbons (Fsp3) is 0.632. The predicted octanol–water partition coefficient (Wildman–Crippen LogP) is 3.16. The average molecular weight is 369 g/mol. The normalized spacial score (nSPS) is 19.1. The first kappa shape index (κ1) is 20.0. The van der Waals surface area contributed by atoms with Crippen molar-refractivity contribution in [1.82, 2.24) is 5.32 Å². The van der Waals surface area contributed by atoms with Gasteiger partial charge in [-0.15, -0.1) is 12.4 Å². The van der Waals surface area contributed by atoms with E-state index < -0.39 is 0 Å². The molecule has 1 aromatic rings. The van der Waals surface area contributed by atoms with Crippen molar-refractivity contribution in [1.29, 1.82) is 0 Å². The second kappa shape index (κ2) is 10.00. The van der Waals surface area contributed by atoms with E-state index in [4.69, 9.17) is 9.47 Å². The van der Waals surface area contributed by atoms with Crippen molar-refractivity contribution >= 4 is 24.0 Å². The van der Waals surface area contributed by atoms with E-state index in [0.29, 0.717) is 5.92 Å². The third-order valence-electron chi connectivity index (χ3n) is 4.98. The maximum absolute atomic E-state index is 12.4. The molecular formula is C19H29ClN2O3. The Morgan fingerprint density at radius 2 is 1.96 bits per heavy atom. The highest BCUT2D eigenvalue weighted by Crippen LogP contribution is 2.25. The van der Waals surface area contributed by atoms with E-state index in [2.05, 4.69) is 10.6 Å². The first-order valence-corrected chi connectivity index (χ1v) is 9.05. The Morgan fingerprint density at radius 3 is 2.68 bits per heavy atom. The van der Waals surface area contributed by atoms with Crippen LogP contribution in [0.2, 0.25) is 0 Å². The van der Waals surface area contributed by atoms with Crippen LogP contribution in [-0.4, -0.2) is 38.8 Å². The lowest BCUT2D eigenvalue weighted by atomic mass is 9.97. The fourth-order valence-corrected chi connectivity index (χ4v) is 3.28. The minimum Gasteiger partial charge on any atom is -0.493 e. The van der Waals surface area contributed by atoms with Crippen LogP contribution in [0.15, 0.2) is 18.2 Å². The zero-order valence-corrected chi connectivity index (χ0v) is 15.7. The number of aryl methyl sites for hydroxylation is 1. The van der Waals surface area contributed by atoms with E-state index in [-0.39, 0.29) is 24.2 Å². The number of benzene rings is 1. The molecule has 2 fully saturated rings. The quantitative estimate of drug-likeness (QED) is 0.838. The number of hydrogen-bond acceptors (Lipinski definition) is 4. The smallest absolute Gasteiger partial charge is 0.227 e. The molecule has 140 valence electrons. The third-order valence-corrected chi connectivity index (χ3v) is 4.98. The largest absolute Gasteiger partial charge is 0.493 e. The van der Waals surface area contributed by atoms with Crippen LogP contribution in [0.3, 0.4) is 0 Å². The van der Waals surface area contributed by atoms with Crippen molar-refractivity contribution in [3.63, 3.8) is 0 Å². The van der Waals surface area contributed by atoms with Crippen LogP contribution >= 0.6 is 12.4 Å². The lowest BCUT2D eigenvalue weighted by Gasteiger charge is -2.23. The summed E-state index contributed by atoms with van der Waals surface area (Å²) in [5, 5.41) is 6.34. The topological polar surface area (TPSA) is 59.6 Å². The van der Waals surface area contributed by atoms with Gasteiger partial charge in [0.15, 0.2) is 0 Å². The number of piperidine rings is 1. The Hall–Kier alpha value is -1.30. The Bertz CT molecular complexity index is 556. The van der Waals surface area contributed by atoms with E-state index in [9.17, 15) is 4.79 Å². The highest BCUT2D eigenvalue weighted by Gasteiger charge is 2.21. The summed E-state index contributed by atoms with van der Waals surface area (Å²) >= 11 is 0. The average Bonchev–Trinajstić information content (AvgIpc) is 2.63. The molecule has 2 saturated heterocycles. The molecule has 3 rings (SSSR count). The van der Waals surface area contributed by atoms with Crippen molar-refractivity contribution in [3.8, 4) is 5.75 Å². The maximum atomic E-state index is 12.4. The van der Waals surface area contributed by atoms with Gasteiger partial charge in [-0.3, -0.25) is 4.79 Å². The highest BCUT2D eigenvalue weighted by molar-refractivity contribution is 5.92. The summed E-state index contributed by atoms with van der Waals surface area (Å²) in [7, 11) is 0. The molecule has 2 aliphatic heterocycles. The van der Waals surface area contributed by atoms with Gasteiger partial charge in [-0.2, -0.15) is 0 Å². The summed E-state index contributed by atoms with van der Waals surface area (Å²) < 4.78 is 11.4. The zero-order valence-electron chi connectivity index (χ0n) is 14.9. The van der Waals surface area contributed by atoms with Gasteiger partial charge in [0.05, 0.1) is 6.61 Å². The number of ether oxygens (including phenoxy) is 2. The van der Waals surface area contributed by atoms with Gasteiger partial charge in [-0.05, 0) is 63.2 Å². The molecule has 0 unspecified atom stereocenters. The first-order chi connectivity index (χ1) is 11.7. The van der Waals surface area contributed by atoms with Gasteiger partial charge in [0.25, 0.3) is 0 Å². The number of carbonyl (C=O) groups excluding carboxylic acids is 1. The molecule has 0 bridgehead atoms. The molecule has 1 amide bonds. The molecule has 0 spiro atoms. The van der Waals surface area contributed by atoms with E-state index in [1.165, 1.54) is 0 Å². The third kappa shape index (κ3) is 5.87. The zero-order chi connectivity index (χ0) is 16.8. The molecule has 2 aliphatic rings. The van der Waals surface area contributed by atoms with E-state index >= 15 is 0 Å². The monoisotopic (exact) mass is 368 g/mol. The van der Waals surface area contributed by atoms with Crippen LogP contribution in [-0.2, 0) is 9.53 Å². The lowest BCUT2D eigenvalue weighted by molar-refractivity contribution is -0.120. The summed E-state index contributed by atoms with van der Waals surface area (Å²) in [4.78, 5) is 12.4. The fourth-order valence-electron chi connectivity index (χ4n) is 3.28. The molecule has 0 atom stereocenters. The molecule has 0 saturated carbocycles. The Labute approximate surface area is 156 Å². The standard InChI is InChI=1S/C19H28N2O3.ClH/c1-14-2-3-17(21-19(22)16-4-8-20-9-5-16)12-18(14)24-13-15-6-10-23-11-7-15;/h2-3,12,15-16,20H,4-11,13H2,1H3,(H,21,22);1H. The number of nitrogens with one attached hydrogen (secondary N) is 2. The van der Waals surface area contributed by atoms with E-state index in [0.717, 1.165) is 75.6 Å². The summed E-state index contributed by atoms with van der Waals surface area (Å²) in [6.07, 6.45) is 3.94. The van der Waals surface area contributed by atoms with Crippen LogP contribution in [0.1, 0.15) is 31.2 Å². The number of carbonyl (C=O) groups is 1. The number of rotatable bonds is 5. The molecule has 0 radical (unpaired) electrons. The minimum absolute atomic E-state index is 0. The predicted molar refractivity (Wildman–Crippen MR) is 102 cm³/mol. The van der Waals surface area contributed by atoms with Gasteiger partial charge < -0.3 is 20.1 Å². The number of amides is 1. The van der Waals surface area contributed by atoms with Crippen LogP contribution < -0.4 is 15.4 Å². The van der Waals surface area contributed by atoms with Crippen LogP contribution in [0.5, 0.6) is 5.75 Å². The van der Waals surface area contributed by atoms with Crippen LogP contribution in [0, 0.1) is 18.8 Å². The van der Waals surface area contributed by atoms with Crippen molar-refractivity contribution in [3.05, 3.63) is 23.8 Å². The summed E-state index contributed by atoms with van der Waals surface area (Å²) in [5.41, 5.74) is 1.92. The molecule has 0 aromatic heterocycles.